The third kappa shape index (κ3) is 11.8. The quantitative estimate of drug-likeness (QED) is 0.639. The van der Waals surface area contributed by atoms with E-state index < -0.39 is 0 Å². The summed E-state index contributed by atoms with van der Waals surface area (Å²) in [5.74, 6) is 1.86. The van der Waals surface area contributed by atoms with Crippen molar-refractivity contribution in [2.45, 2.75) is 38.3 Å². The summed E-state index contributed by atoms with van der Waals surface area (Å²) >= 11 is 0.755. The highest BCUT2D eigenvalue weighted by atomic mass is 79.9. The summed E-state index contributed by atoms with van der Waals surface area (Å²) in [6.07, 6.45) is 0. The molecule has 0 nitrogen and oxygen atoms in total. The first-order valence-corrected chi connectivity index (χ1v) is 5.58. The summed E-state index contributed by atoms with van der Waals surface area (Å²) in [6.45, 7) is 9.25. The maximum Gasteiger partial charge on any atom is 0.200 e. The maximum atomic E-state index is 2.31. The fourth-order valence-electron chi connectivity index (χ4n) is 0.763. The van der Waals surface area contributed by atoms with Crippen LogP contribution in [-0.4, -0.2) is 15.2 Å². The van der Waals surface area contributed by atoms with E-state index in [0.717, 1.165) is 27.1 Å². The molecule has 0 aromatic rings. The standard InChI is InChI=1S/2C4H9.Al.BrH/c2*1-4(2)3;;/h2*4H,1H2,2-3H3;;1H. The van der Waals surface area contributed by atoms with E-state index in [0.29, 0.717) is 0 Å². The van der Waals surface area contributed by atoms with Gasteiger partial charge in [-0.25, -0.2) is 0 Å². The summed E-state index contributed by atoms with van der Waals surface area (Å²) in [5, 5.41) is 2.97. The summed E-state index contributed by atoms with van der Waals surface area (Å²) in [6, 6.07) is 0. The van der Waals surface area contributed by atoms with Gasteiger partial charge in [-0.15, -0.1) is 27.5 Å². The minimum Gasteiger partial charge on any atom is -0.114 e. The maximum absolute atomic E-state index is 2.31. The molecule has 0 atom stereocenters. The van der Waals surface area contributed by atoms with E-state index in [1.165, 1.54) is 10.6 Å². The molecule has 0 rings (SSSR count). The molecule has 0 saturated heterocycles. The fraction of sp³-hybridized carbons (Fsp3) is 1.00. The van der Waals surface area contributed by atoms with Gasteiger partial charge in [-0.2, -0.15) is 0 Å². The van der Waals surface area contributed by atoms with Gasteiger partial charge in [0.05, 0.1) is 0 Å². The molecule has 0 aromatic heterocycles. The van der Waals surface area contributed by atoms with Crippen LogP contribution in [0.5, 0.6) is 0 Å². The normalized spacial score (nSPS) is 9.80. The molecule has 61 valence electrons. The van der Waals surface area contributed by atoms with Crippen molar-refractivity contribution >= 4 is 32.2 Å². The van der Waals surface area contributed by atoms with Crippen LogP contribution in [0.1, 0.15) is 27.7 Å². The minimum absolute atomic E-state index is 0. The Bertz CT molecular complexity index is 54.3. The van der Waals surface area contributed by atoms with Crippen LogP contribution in [0, 0.1) is 11.8 Å². The van der Waals surface area contributed by atoms with E-state index in [-0.39, 0.29) is 17.0 Å². The Morgan fingerprint density at radius 1 is 0.900 bits per heavy atom. The number of hydrogen-bond donors (Lipinski definition) is 0. The molecule has 0 aliphatic rings. The van der Waals surface area contributed by atoms with Crippen LogP contribution in [0.25, 0.3) is 0 Å². The molecule has 0 fully saturated rings. The second kappa shape index (κ2) is 8.11. The lowest BCUT2D eigenvalue weighted by Gasteiger charge is -2.03. The number of rotatable bonds is 4. The molecule has 2 heteroatoms. The molecule has 10 heavy (non-hydrogen) atoms. The van der Waals surface area contributed by atoms with Gasteiger partial charge in [0.15, 0.2) is 0 Å². The molecule has 0 heterocycles. The summed E-state index contributed by atoms with van der Waals surface area (Å²) in [7, 11) is 0. The molecule has 0 aromatic carbocycles. The Morgan fingerprint density at radius 2 is 1.20 bits per heavy atom. The zero-order valence-corrected chi connectivity index (χ0v) is 10.4. The van der Waals surface area contributed by atoms with Gasteiger partial charge in [0.2, 0.25) is 15.2 Å². The summed E-state index contributed by atoms with van der Waals surface area (Å²) in [5.41, 5.74) is 0. The van der Waals surface area contributed by atoms with Gasteiger partial charge in [-0.1, -0.05) is 39.5 Å². The number of halogens is 1. The van der Waals surface area contributed by atoms with E-state index in [2.05, 4.69) is 27.7 Å². The first kappa shape index (κ1) is 13.6. The van der Waals surface area contributed by atoms with Crippen molar-refractivity contribution in [3.8, 4) is 0 Å². The molecular formula is C8H19AlBr. The second-order valence-electron chi connectivity index (χ2n) is 3.55. The van der Waals surface area contributed by atoms with Crippen molar-refractivity contribution in [3.05, 3.63) is 0 Å². The zero-order valence-electron chi connectivity index (χ0n) is 7.55. The molecule has 0 spiro atoms. The third-order valence-corrected chi connectivity index (χ3v) is 3.83. The van der Waals surface area contributed by atoms with E-state index in [1.54, 1.807) is 0 Å². The van der Waals surface area contributed by atoms with Crippen molar-refractivity contribution in [3.63, 3.8) is 0 Å². The second-order valence-corrected chi connectivity index (χ2v) is 5.07. The Kier molecular flexibility index (Phi) is 11.0. The van der Waals surface area contributed by atoms with Crippen molar-refractivity contribution in [2.24, 2.45) is 11.8 Å². The highest BCUT2D eigenvalue weighted by molar-refractivity contribution is 8.93. The molecule has 0 N–H and O–H groups in total. The van der Waals surface area contributed by atoms with Crippen LogP contribution < -0.4 is 0 Å². The molecule has 1 radical (unpaired) electrons. The van der Waals surface area contributed by atoms with Crippen molar-refractivity contribution in [2.75, 3.05) is 0 Å². The molecule has 0 amide bonds. The van der Waals surface area contributed by atoms with Crippen molar-refractivity contribution in [1.29, 1.82) is 0 Å². The molecular weight excluding hydrogens is 203 g/mol. The molecule has 0 bridgehead atoms. The molecule has 0 saturated carbocycles. The van der Waals surface area contributed by atoms with Crippen molar-refractivity contribution < 1.29 is 0 Å². The van der Waals surface area contributed by atoms with E-state index in [4.69, 9.17) is 0 Å². The predicted molar refractivity (Wildman–Crippen MR) is 55.4 cm³/mol. The lowest BCUT2D eigenvalue weighted by Crippen LogP contribution is -1.99. The monoisotopic (exact) mass is 221 g/mol. The smallest absolute Gasteiger partial charge is 0.114 e. The van der Waals surface area contributed by atoms with E-state index >= 15 is 0 Å². The Morgan fingerprint density at radius 3 is 1.40 bits per heavy atom. The Hall–Kier alpha value is 1.01. The van der Waals surface area contributed by atoms with Crippen LogP contribution >= 0.6 is 17.0 Å². The predicted octanol–water partition coefficient (Wildman–Crippen LogP) is 3.42. The van der Waals surface area contributed by atoms with E-state index in [9.17, 15) is 0 Å². The molecule has 0 aliphatic heterocycles. The van der Waals surface area contributed by atoms with Gasteiger partial charge in [-0.3, -0.25) is 0 Å². The third-order valence-electron chi connectivity index (χ3n) is 1.28. The topological polar surface area (TPSA) is 0 Å². The first-order valence-electron chi connectivity index (χ1n) is 3.94. The SMILES string of the molecule is Br.CC(C)[CH2][Al][CH2]C(C)C. The molecule has 0 aliphatic carbocycles. The van der Waals surface area contributed by atoms with Crippen LogP contribution in [0.3, 0.4) is 0 Å². The number of hydrogen-bond acceptors (Lipinski definition) is 0. The summed E-state index contributed by atoms with van der Waals surface area (Å²) in [4.78, 5) is 0. The van der Waals surface area contributed by atoms with Crippen LogP contribution in [-0.2, 0) is 0 Å². The average molecular weight is 222 g/mol. The van der Waals surface area contributed by atoms with Crippen LogP contribution in [0.4, 0.5) is 0 Å². The van der Waals surface area contributed by atoms with E-state index in [1.807, 2.05) is 0 Å². The first-order chi connectivity index (χ1) is 4.13. The van der Waals surface area contributed by atoms with Crippen LogP contribution in [0.15, 0.2) is 0 Å². The highest BCUT2D eigenvalue weighted by Gasteiger charge is 1.98. The van der Waals surface area contributed by atoms with Gasteiger partial charge in [0.25, 0.3) is 0 Å². The average Bonchev–Trinajstić information content (AvgIpc) is 1.63. The van der Waals surface area contributed by atoms with Gasteiger partial charge in [-0.05, 0) is 0 Å². The largest absolute Gasteiger partial charge is 0.200 e. The minimum atomic E-state index is 0. The van der Waals surface area contributed by atoms with Gasteiger partial charge in [0.1, 0.15) is 0 Å². The highest BCUT2D eigenvalue weighted by Crippen LogP contribution is 2.05. The van der Waals surface area contributed by atoms with Crippen molar-refractivity contribution in [1.82, 2.24) is 0 Å². The zero-order chi connectivity index (χ0) is 7.28. The fourth-order valence-corrected chi connectivity index (χ4v) is 2.29. The Balaban J connectivity index is 0. The van der Waals surface area contributed by atoms with Gasteiger partial charge in [0, 0.05) is 0 Å². The lowest BCUT2D eigenvalue weighted by atomic mass is 10.3. The van der Waals surface area contributed by atoms with Gasteiger partial charge < -0.3 is 0 Å². The molecule has 0 unspecified atom stereocenters. The summed E-state index contributed by atoms with van der Waals surface area (Å²) < 4.78 is 0. The lowest BCUT2D eigenvalue weighted by molar-refractivity contribution is 0.700. The van der Waals surface area contributed by atoms with Gasteiger partial charge >= 0.3 is 0 Å². The van der Waals surface area contributed by atoms with Crippen LogP contribution in [0.2, 0.25) is 10.6 Å². The Labute approximate surface area is 82.3 Å².